The van der Waals surface area contributed by atoms with E-state index in [1.165, 1.54) is 24.5 Å². The quantitative estimate of drug-likeness (QED) is 0.480. The number of nitrogens with one attached hydrogen (secondary N) is 1. The molecular formula is C24H25F5N6O. The van der Waals surface area contributed by atoms with E-state index in [1.807, 2.05) is 0 Å². The van der Waals surface area contributed by atoms with Crippen molar-refractivity contribution in [3.05, 3.63) is 59.3 Å². The molecule has 0 bridgehead atoms. The van der Waals surface area contributed by atoms with Gasteiger partial charge in [0.15, 0.2) is 0 Å². The Morgan fingerprint density at radius 3 is 2.53 bits per heavy atom. The predicted molar refractivity (Wildman–Crippen MR) is 122 cm³/mol. The number of amides is 1. The van der Waals surface area contributed by atoms with Crippen molar-refractivity contribution in [3.8, 4) is 0 Å². The van der Waals surface area contributed by atoms with Gasteiger partial charge in [0.25, 0.3) is 18.3 Å². The molecule has 1 aromatic carbocycles. The van der Waals surface area contributed by atoms with Crippen LogP contribution in [-0.2, 0) is 0 Å². The van der Waals surface area contributed by atoms with Crippen LogP contribution in [0.15, 0.2) is 36.7 Å². The molecule has 2 fully saturated rings. The van der Waals surface area contributed by atoms with Crippen molar-refractivity contribution in [2.75, 3.05) is 38.0 Å². The van der Waals surface area contributed by atoms with Crippen molar-refractivity contribution >= 4 is 17.5 Å². The van der Waals surface area contributed by atoms with Gasteiger partial charge in [0, 0.05) is 56.5 Å². The molecule has 0 unspecified atom stereocenters. The van der Waals surface area contributed by atoms with Crippen LogP contribution in [0.4, 0.5) is 27.9 Å². The Balaban J connectivity index is 1.28. The number of benzene rings is 1. The summed E-state index contributed by atoms with van der Waals surface area (Å²) in [5, 5.41) is 3.01. The summed E-state index contributed by atoms with van der Waals surface area (Å²) in [6.07, 6.45) is 0.0569. The predicted octanol–water partition coefficient (Wildman–Crippen LogP) is 4.39. The van der Waals surface area contributed by atoms with E-state index >= 15 is 0 Å². The van der Waals surface area contributed by atoms with Crippen molar-refractivity contribution in [2.24, 2.45) is 5.41 Å². The van der Waals surface area contributed by atoms with Crippen LogP contribution < -0.4 is 5.32 Å². The van der Waals surface area contributed by atoms with Gasteiger partial charge in [0.1, 0.15) is 17.2 Å². The molecule has 1 spiro atoms. The van der Waals surface area contributed by atoms with Gasteiger partial charge in [-0.15, -0.1) is 0 Å². The van der Waals surface area contributed by atoms with E-state index in [9.17, 15) is 26.7 Å². The maximum atomic E-state index is 14.6. The van der Waals surface area contributed by atoms with E-state index in [0.717, 1.165) is 13.0 Å². The van der Waals surface area contributed by atoms with Crippen molar-refractivity contribution in [1.82, 2.24) is 24.2 Å². The molecule has 12 heteroatoms. The average Bonchev–Trinajstić information content (AvgIpc) is 3.18. The number of nitrogens with zero attached hydrogens (tertiary/aromatic N) is 5. The second-order valence-electron chi connectivity index (χ2n) is 9.92. The second-order valence-corrected chi connectivity index (χ2v) is 9.92. The van der Waals surface area contributed by atoms with Crippen LogP contribution in [-0.4, -0.2) is 68.7 Å². The number of hydrogen-bond donors (Lipinski definition) is 1. The third-order valence-electron chi connectivity index (χ3n) is 6.67. The lowest BCUT2D eigenvalue weighted by Crippen LogP contribution is -2.73. The summed E-state index contributed by atoms with van der Waals surface area (Å²) in [6.45, 7) is 4.25. The molecular weight excluding hydrogens is 483 g/mol. The van der Waals surface area contributed by atoms with E-state index < -0.39 is 29.8 Å². The maximum Gasteiger partial charge on any atom is 0.274 e. The topological polar surface area (TPSA) is 65.8 Å². The van der Waals surface area contributed by atoms with Gasteiger partial charge in [-0.2, -0.15) is 0 Å². The molecule has 5 rings (SSSR count). The summed E-state index contributed by atoms with van der Waals surface area (Å²) in [5.74, 6) is -3.74. The standard InChI is InChI=1S/C24H25F5N6O/c1-14(15-4-3-5-16(19(15)25)20(26)27)31-22-30-7-6-18-32-17(8-35(18)22)21(36)34-12-24(13-34)10-33(11-24)9-23(2,28)29/h3-8,14,20H,9-13H2,1-2H3,(H,30,31)/t14-/m1/s1. The van der Waals surface area contributed by atoms with Gasteiger partial charge in [0.05, 0.1) is 18.2 Å². The van der Waals surface area contributed by atoms with Crippen LogP contribution in [0, 0.1) is 11.2 Å². The molecule has 1 amide bonds. The first-order valence-electron chi connectivity index (χ1n) is 11.5. The fourth-order valence-corrected chi connectivity index (χ4v) is 5.15. The normalized spacial score (nSPS) is 18.4. The molecule has 7 nitrogen and oxygen atoms in total. The lowest BCUT2D eigenvalue weighted by atomic mass is 9.72. The molecule has 1 atom stereocenters. The third kappa shape index (κ3) is 4.49. The number of halogens is 5. The van der Waals surface area contributed by atoms with Gasteiger partial charge in [-0.3, -0.25) is 14.1 Å². The van der Waals surface area contributed by atoms with Crippen molar-refractivity contribution < 1.29 is 26.7 Å². The van der Waals surface area contributed by atoms with Crippen molar-refractivity contribution in [2.45, 2.75) is 32.2 Å². The van der Waals surface area contributed by atoms with E-state index in [0.29, 0.717) is 31.8 Å². The van der Waals surface area contributed by atoms with E-state index in [1.54, 1.807) is 27.2 Å². The number of imidazole rings is 1. The molecule has 2 aliphatic rings. The molecule has 4 heterocycles. The summed E-state index contributed by atoms with van der Waals surface area (Å²) in [6, 6.07) is 4.75. The molecule has 2 saturated heterocycles. The van der Waals surface area contributed by atoms with Crippen LogP contribution in [0.5, 0.6) is 0 Å². The number of hydrogen-bond acceptors (Lipinski definition) is 5. The Bertz CT molecular complexity index is 1290. The van der Waals surface area contributed by atoms with Crippen LogP contribution in [0.2, 0.25) is 0 Å². The number of anilines is 1. The number of alkyl halides is 4. The minimum absolute atomic E-state index is 0.0595. The Labute approximate surface area is 203 Å². The number of carbonyl (C=O) groups is 1. The smallest absolute Gasteiger partial charge is 0.274 e. The van der Waals surface area contributed by atoms with Crippen LogP contribution in [0.25, 0.3) is 5.65 Å². The van der Waals surface area contributed by atoms with Gasteiger partial charge in [-0.05, 0) is 13.0 Å². The highest BCUT2D eigenvalue weighted by Gasteiger charge is 2.54. The average molecular weight is 508 g/mol. The zero-order valence-electron chi connectivity index (χ0n) is 19.7. The summed E-state index contributed by atoms with van der Waals surface area (Å²) in [4.78, 5) is 24.9. The first-order chi connectivity index (χ1) is 16.9. The number of aromatic nitrogens is 3. The highest BCUT2D eigenvalue weighted by Crippen LogP contribution is 2.41. The minimum Gasteiger partial charge on any atom is -0.349 e. The number of fused-ring (bicyclic) bond motifs is 1. The maximum absolute atomic E-state index is 14.6. The Morgan fingerprint density at radius 2 is 1.86 bits per heavy atom. The first kappa shape index (κ1) is 24.4. The SMILES string of the molecule is C[C@@H](Nc1nccc2nc(C(=O)N3CC4(CN(CC(C)(F)F)C4)C3)cn12)c1cccc(C(F)F)c1F. The first-order valence-corrected chi connectivity index (χ1v) is 11.5. The van der Waals surface area contributed by atoms with Crippen LogP contribution >= 0.6 is 0 Å². The highest BCUT2D eigenvalue weighted by molar-refractivity contribution is 5.93. The summed E-state index contributed by atoms with van der Waals surface area (Å²) >= 11 is 0. The van der Waals surface area contributed by atoms with Gasteiger partial charge >= 0.3 is 0 Å². The van der Waals surface area contributed by atoms with Crippen LogP contribution in [0.1, 0.15) is 47.9 Å². The lowest BCUT2D eigenvalue weighted by molar-refractivity contribution is -0.130. The van der Waals surface area contributed by atoms with E-state index in [4.69, 9.17) is 0 Å². The molecule has 2 aliphatic heterocycles. The van der Waals surface area contributed by atoms with Gasteiger partial charge in [-0.1, -0.05) is 18.2 Å². The van der Waals surface area contributed by atoms with Gasteiger partial charge in [-0.25, -0.2) is 31.9 Å². The minimum atomic E-state index is -2.93. The van der Waals surface area contributed by atoms with Crippen molar-refractivity contribution in [1.29, 1.82) is 0 Å². The molecule has 192 valence electrons. The monoisotopic (exact) mass is 508 g/mol. The van der Waals surface area contributed by atoms with Crippen LogP contribution in [0.3, 0.4) is 0 Å². The Kier molecular flexibility index (Phi) is 5.89. The summed E-state index contributed by atoms with van der Waals surface area (Å²) in [5.41, 5.74) is -0.131. The lowest BCUT2D eigenvalue weighted by Gasteiger charge is -2.60. The Hall–Kier alpha value is -3.28. The fraction of sp³-hybridized carbons (Fsp3) is 0.458. The summed E-state index contributed by atoms with van der Waals surface area (Å²) in [7, 11) is 0. The molecule has 0 saturated carbocycles. The van der Waals surface area contributed by atoms with E-state index in [-0.39, 0.29) is 35.1 Å². The zero-order valence-corrected chi connectivity index (χ0v) is 19.7. The molecule has 36 heavy (non-hydrogen) atoms. The second kappa shape index (κ2) is 8.68. The van der Waals surface area contributed by atoms with Crippen molar-refractivity contribution in [3.63, 3.8) is 0 Å². The largest absolute Gasteiger partial charge is 0.349 e. The zero-order chi connectivity index (χ0) is 25.8. The van der Waals surface area contributed by atoms with Gasteiger partial charge < -0.3 is 10.2 Å². The number of rotatable bonds is 7. The molecule has 1 N–H and O–H groups in total. The molecule has 2 aromatic heterocycles. The van der Waals surface area contributed by atoms with E-state index in [2.05, 4.69) is 15.3 Å². The molecule has 0 radical (unpaired) electrons. The number of likely N-dealkylation sites (tertiary alicyclic amines) is 2. The number of carbonyl (C=O) groups excluding carboxylic acids is 1. The third-order valence-corrected chi connectivity index (χ3v) is 6.67. The van der Waals surface area contributed by atoms with Gasteiger partial charge in [0.2, 0.25) is 5.95 Å². The summed E-state index contributed by atoms with van der Waals surface area (Å²) < 4.78 is 68.7. The fourth-order valence-electron chi connectivity index (χ4n) is 5.15. The Morgan fingerprint density at radius 1 is 1.17 bits per heavy atom. The highest BCUT2D eigenvalue weighted by atomic mass is 19.3. The molecule has 3 aromatic rings. The molecule has 0 aliphatic carbocycles.